The standard InChI is InChI=1S/C20H23BrN2O5S/c1-13-10-16(5-6-17(13)21)23(29(3,25)26)12-20(24)22-14(2)15-4-7-18-19(11-15)28-9-8-27-18/h4-7,10-11,14H,8-9,12H2,1-3H3,(H,22,24)/t14-/m0/s1. The minimum absolute atomic E-state index is 0.311. The molecule has 9 heteroatoms. The second kappa shape index (κ2) is 8.62. The van der Waals surface area contributed by atoms with E-state index in [1.165, 1.54) is 0 Å². The summed E-state index contributed by atoms with van der Waals surface area (Å²) >= 11 is 3.40. The zero-order valence-electron chi connectivity index (χ0n) is 16.4. The van der Waals surface area contributed by atoms with Crippen LogP contribution in [-0.4, -0.2) is 40.3 Å². The highest BCUT2D eigenvalue weighted by Crippen LogP contribution is 2.32. The molecule has 1 atom stereocenters. The third kappa shape index (κ3) is 5.22. The maximum atomic E-state index is 12.6. The van der Waals surface area contributed by atoms with Gasteiger partial charge in [-0.3, -0.25) is 9.10 Å². The third-order valence-electron chi connectivity index (χ3n) is 4.56. The molecule has 1 heterocycles. The van der Waals surface area contributed by atoms with Gasteiger partial charge in [0.1, 0.15) is 19.8 Å². The molecule has 0 saturated carbocycles. The van der Waals surface area contributed by atoms with Gasteiger partial charge >= 0.3 is 0 Å². The average molecular weight is 483 g/mol. The molecule has 1 aliphatic rings. The molecule has 3 rings (SSSR count). The number of sulfonamides is 1. The highest BCUT2D eigenvalue weighted by molar-refractivity contribution is 9.10. The Labute approximate surface area is 179 Å². The smallest absolute Gasteiger partial charge is 0.241 e. The van der Waals surface area contributed by atoms with Crippen molar-refractivity contribution in [2.75, 3.05) is 30.3 Å². The SMILES string of the molecule is Cc1cc(N(CC(=O)N[C@@H](C)c2ccc3c(c2)OCCO3)S(C)(=O)=O)ccc1Br. The Morgan fingerprint density at radius 1 is 1.17 bits per heavy atom. The van der Waals surface area contributed by atoms with Crippen molar-refractivity contribution in [2.45, 2.75) is 19.9 Å². The third-order valence-corrected chi connectivity index (χ3v) is 6.59. The molecule has 0 aliphatic carbocycles. The van der Waals surface area contributed by atoms with Crippen molar-refractivity contribution >= 4 is 37.5 Å². The van der Waals surface area contributed by atoms with E-state index in [1.54, 1.807) is 24.3 Å². The quantitative estimate of drug-likeness (QED) is 0.683. The van der Waals surface area contributed by atoms with E-state index in [0.29, 0.717) is 30.4 Å². The monoisotopic (exact) mass is 482 g/mol. The second-order valence-corrected chi connectivity index (χ2v) is 9.66. The van der Waals surface area contributed by atoms with Crippen LogP contribution in [0.4, 0.5) is 5.69 Å². The van der Waals surface area contributed by atoms with Gasteiger partial charge in [0.2, 0.25) is 15.9 Å². The number of fused-ring (bicyclic) bond motifs is 1. The molecule has 2 aromatic carbocycles. The Bertz CT molecular complexity index is 1030. The fourth-order valence-electron chi connectivity index (χ4n) is 3.01. The number of nitrogens with one attached hydrogen (secondary N) is 1. The Balaban J connectivity index is 1.74. The molecular formula is C20H23BrN2O5S. The number of nitrogens with zero attached hydrogens (tertiary/aromatic N) is 1. The first kappa shape index (κ1) is 21.4. The number of ether oxygens (including phenoxy) is 2. The van der Waals surface area contributed by atoms with Gasteiger partial charge in [-0.1, -0.05) is 22.0 Å². The van der Waals surface area contributed by atoms with Crippen molar-refractivity contribution in [1.29, 1.82) is 0 Å². The molecular weight excluding hydrogens is 460 g/mol. The van der Waals surface area contributed by atoms with E-state index in [-0.39, 0.29) is 12.6 Å². The molecule has 0 saturated heterocycles. The van der Waals surface area contributed by atoms with Gasteiger partial charge in [0.25, 0.3) is 0 Å². The molecule has 0 bridgehead atoms. The number of rotatable bonds is 6. The van der Waals surface area contributed by atoms with Crippen molar-refractivity contribution in [1.82, 2.24) is 5.32 Å². The number of carbonyl (C=O) groups excluding carboxylic acids is 1. The first-order valence-corrected chi connectivity index (χ1v) is 11.7. The van der Waals surface area contributed by atoms with E-state index >= 15 is 0 Å². The lowest BCUT2D eigenvalue weighted by Crippen LogP contribution is -2.41. The molecule has 0 spiro atoms. The van der Waals surface area contributed by atoms with Crippen LogP contribution in [0.2, 0.25) is 0 Å². The summed E-state index contributed by atoms with van der Waals surface area (Å²) in [6.07, 6.45) is 1.09. The molecule has 1 aliphatic heterocycles. The fourth-order valence-corrected chi connectivity index (χ4v) is 4.11. The van der Waals surface area contributed by atoms with Crippen LogP contribution >= 0.6 is 15.9 Å². The summed E-state index contributed by atoms with van der Waals surface area (Å²) < 4.78 is 37.6. The molecule has 0 fully saturated rings. The van der Waals surface area contributed by atoms with Crippen molar-refractivity contribution < 1.29 is 22.7 Å². The maximum Gasteiger partial charge on any atom is 0.241 e. The highest BCUT2D eigenvalue weighted by Gasteiger charge is 2.23. The summed E-state index contributed by atoms with van der Waals surface area (Å²) in [5, 5.41) is 2.85. The number of amides is 1. The van der Waals surface area contributed by atoms with Crippen LogP contribution in [0.1, 0.15) is 24.1 Å². The lowest BCUT2D eigenvalue weighted by molar-refractivity contribution is -0.120. The van der Waals surface area contributed by atoms with Crippen LogP contribution in [0.15, 0.2) is 40.9 Å². The minimum Gasteiger partial charge on any atom is -0.486 e. The summed E-state index contributed by atoms with van der Waals surface area (Å²) in [5.41, 5.74) is 2.16. The Hall–Kier alpha value is -2.26. The normalized spacial score (nSPS) is 14.2. The summed E-state index contributed by atoms with van der Waals surface area (Å²) in [6.45, 7) is 4.37. The van der Waals surface area contributed by atoms with Crippen molar-refractivity contribution in [3.8, 4) is 11.5 Å². The van der Waals surface area contributed by atoms with Gasteiger partial charge in [-0.05, 0) is 55.3 Å². The fraction of sp³-hybridized carbons (Fsp3) is 0.350. The van der Waals surface area contributed by atoms with Gasteiger partial charge in [0.05, 0.1) is 18.0 Å². The van der Waals surface area contributed by atoms with Crippen molar-refractivity contribution in [2.24, 2.45) is 0 Å². The molecule has 156 valence electrons. The maximum absolute atomic E-state index is 12.6. The van der Waals surface area contributed by atoms with Crippen LogP contribution in [0, 0.1) is 6.92 Å². The number of anilines is 1. The molecule has 0 aromatic heterocycles. The molecule has 1 amide bonds. The topological polar surface area (TPSA) is 84.9 Å². The number of hydrogen-bond donors (Lipinski definition) is 1. The Morgan fingerprint density at radius 2 is 1.86 bits per heavy atom. The second-order valence-electron chi connectivity index (χ2n) is 6.90. The minimum atomic E-state index is -3.63. The van der Waals surface area contributed by atoms with Gasteiger partial charge in [0.15, 0.2) is 11.5 Å². The van der Waals surface area contributed by atoms with Crippen LogP contribution in [0.5, 0.6) is 11.5 Å². The number of carbonyl (C=O) groups is 1. The number of halogens is 1. The molecule has 2 aromatic rings. The molecule has 29 heavy (non-hydrogen) atoms. The summed E-state index contributed by atoms with van der Waals surface area (Å²) in [7, 11) is -3.63. The van der Waals surface area contributed by atoms with Crippen LogP contribution < -0.4 is 19.1 Å². The van der Waals surface area contributed by atoms with Crippen LogP contribution in [0.3, 0.4) is 0 Å². The van der Waals surface area contributed by atoms with Crippen LogP contribution in [-0.2, 0) is 14.8 Å². The first-order valence-electron chi connectivity index (χ1n) is 9.08. The first-order chi connectivity index (χ1) is 13.6. The summed E-state index contributed by atoms with van der Waals surface area (Å²) in [5.74, 6) is 0.906. The van der Waals surface area contributed by atoms with E-state index < -0.39 is 15.9 Å². The lowest BCUT2D eigenvalue weighted by atomic mass is 10.1. The molecule has 0 radical (unpaired) electrons. The van der Waals surface area contributed by atoms with E-state index in [1.807, 2.05) is 26.0 Å². The predicted molar refractivity (Wildman–Crippen MR) is 115 cm³/mol. The van der Waals surface area contributed by atoms with E-state index in [9.17, 15) is 13.2 Å². The number of hydrogen-bond acceptors (Lipinski definition) is 5. The van der Waals surface area contributed by atoms with Crippen molar-refractivity contribution in [3.05, 3.63) is 52.0 Å². The number of benzene rings is 2. The van der Waals surface area contributed by atoms with Gasteiger partial charge < -0.3 is 14.8 Å². The van der Waals surface area contributed by atoms with Gasteiger partial charge in [-0.15, -0.1) is 0 Å². The Morgan fingerprint density at radius 3 is 2.52 bits per heavy atom. The van der Waals surface area contributed by atoms with Gasteiger partial charge in [-0.25, -0.2) is 8.42 Å². The molecule has 7 nitrogen and oxygen atoms in total. The molecule has 1 N–H and O–H groups in total. The van der Waals surface area contributed by atoms with Gasteiger partial charge in [0, 0.05) is 4.47 Å². The highest BCUT2D eigenvalue weighted by atomic mass is 79.9. The largest absolute Gasteiger partial charge is 0.486 e. The number of aryl methyl sites for hydroxylation is 1. The average Bonchev–Trinajstić information content (AvgIpc) is 2.67. The van der Waals surface area contributed by atoms with Crippen LogP contribution in [0.25, 0.3) is 0 Å². The summed E-state index contributed by atoms with van der Waals surface area (Å²) in [4.78, 5) is 12.6. The summed E-state index contributed by atoms with van der Waals surface area (Å²) in [6, 6.07) is 10.3. The van der Waals surface area contributed by atoms with Crippen molar-refractivity contribution in [3.63, 3.8) is 0 Å². The van der Waals surface area contributed by atoms with E-state index in [0.717, 1.165) is 26.2 Å². The molecule has 0 unspecified atom stereocenters. The lowest BCUT2D eigenvalue weighted by Gasteiger charge is -2.24. The zero-order valence-corrected chi connectivity index (χ0v) is 18.8. The predicted octanol–water partition coefficient (Wildman–Crippen LogP) is 3.17. The Kier molecular flexibility index (Phi) is 6.38. The van der Waals surface area contributed by atoms with E-state index in [4.69, 9.17) is 9.47 Å². The van der Waals surface area contributed by atoms with E-state index in [2.05, 4.69) is 21.2 Å². The van der Waals surface area contributed by atoms with Gasteiger partial charge in [-0.2, -0.15) is 0 Å². The zero-order chi connectivity index (χ0) is 21.2.